The third-order valence-corrected chi connectivity index (χ3v) is 8.02. The Morgan fingerprint density at radius 1 is 0.868 bits per heavy atom. The summed E-state index contributed by atoms with van der Waals surface area (Å²) in [5, 5.41) is 12.3. The number of benzene rings is 4. The van der Waals surface area contributed by atoms with E-state index in [2.05, 4.69) is 11.4 Å². The minimum absolute atomic E-state index is 0.00871. The van der Waals surface area contributed by atoms with Crippen LogP contribution < -0.4 is 5.32 Å². The number of carbonyl (C=O) groups is 2. The molecule has 0 radical (unpaired) electrons. The summed E-state index contributed by atoms with van der Waals surface area (Å²) in [6, 6.07) is 27.8. The first-order valence-electron chi connectivity index (χ1n) is 12.1. The van der Waals surface area contributed by atoms with Crippen LogP contribution in [0.3, 0.4) is 0 Å². The monoisotopic (exact) mass is 522 g/mol. The molecule has 0 fully saturated rings. The van der Waals surface area contributed by atoms with E-state index in [0.717, 1.165) is 5.56 Å². The fraction of sp³-hybridized carbons (Fsp3) is 0.129. The molecule has 0 aliphatic heterocycles. The SMILES string of the molecule is CCS(=O)(=O)c1ccc(CC(=O)Nc2ccc(C(=O)c3ccccc3C)c(-c3cccc(C#N)c3)c2)cc1. The second-order valence-corrected chi connectivity index (χ2v) is 11.1. The molecule has 0 atom stereocenters. The molecular formula is C31H26N2O4S. The lowest BCUT2D eigenvalue weighted by Crippen LogP contribution is -2.15. The zero-order valence-corrected chi connectivity index (χ0v) is 21.9. The van der Waals surface area contributed by atoms with Crippen LogP contribution in [-0.4, -0.2) is 25.9 Å². The van der Waals surface area contributed by atoms with Crippen LogP contribution in [0.2, 0.25) is 0 Å². The molecule has 1 amide bonds. The van der Waals surface area contributed by atoms with Gasteiger partial charge in [-0.2, -0.15) is 5.26 Å². The van der Waals surface area contributed by atoms with Gasteiger partial charge in [0.1, 0.15) is 0 Å². The first-order valence-corrected chi connectivity index (χ1v) is 13.7. The van der Waals surface area contributed by atoms with Gasteiger partial charge < -0.3 is 5.32 Å². The number of amides is 1. The minimum Gasteiger partial charge on any atom is -0.326 e. The number of rotatable bonds is 8. The smallest absolute Gasteiger partial charge is 0.228 e. The molecule has 0 aromatic heterocycles. The molecule has 1 N–H and O–H groups in total. The molecule has 0 unspecified atom stereocenters. The zero-order valence-electron chi connectivity index (χ0n) is 21.1. The third kappa shape index (κ3) is 5.88. The average molecular weight is 523 g/mol. The first-order chi connectivity index (χ1) is 18.2. The van der Waals surface area contributed by atoms with Gasteiger partial charge in [0.25, 0.3) is 0 Å². The van der Waals surface area contributed by atoms with E-state index in [1.54, 1.807) is 61.5 Å². The summed E-state index contributed by atoms with van der Waals surface area (Å²) >= 11 is 0. The molecule has 4 aromatic rings. The summed E-state index contributed by atoms with van der Waals surface area (Å²) in [6.07, 6.45) is 0.0512. The van der Waals surface area contributed by atoms with Gasteiger partial charge in [0.05, 0.1) is 28.7 Å². The van der Waals surface area contributed by atoms with Gasteiger partial charge >= 0.3 is 0 Å². The van der Waals surface area contributed by atoms with E-state index in [0.29, 0.717) is 39.1 Å². The first kappa shape index (κ1) is 26.5. The lowest BCUT2D eigenvalue weighted by Gasteiger charge is -2.14. The molecule has 0 heterocycles. The lowest BCUT2D eigenvalue weighted by atomic mass is 9.91. The van der Waals surface area contributed by atoms with E-state index in [9.17, 15) is 23.3 Å². The molecule has 38 heavy (non-hydrogen) atoms. The van der Waals surface area contributed by atoms with Crippen LogP contribution in [0.5, 0.6) is 0 Å². The van der Waals surface area contributed by atoms with E-state index in [1.165, 1.54) is 12.1 Å². The number of nitrogens with one attached hydrogen (secondary N) is 1. The largest absolute Gasteiger partial charge is 0.326 e. The second-order valence-electron chi connectivity index (χ2n) is 8.87. The fourth-order valence-corrected chi connectivity index (χ4v) is 5.04. The highest BCUT2D eigenvalue weighted by atomic mass is 32.2. The predicted molar refractivity (Wildman–Crippen MR) is 148 cm³/mol. The maximum Gasteiger partial charge on any atom is 0.228 e. The number of hydrogen-bond acceptors (Lipinski definition) is 5. The standard InChI is InChI=1S/C31H26N2O4S/c1-3-38(36,37)26-14-11-22(12-15-26)18-30(34)33-25-13-16-28(31(35)27-10-5-4-7-21(27)2)29(19-25)24-9-6-8-23(17-24)20-32/h4-17,19H,3,18H2,1-2H3,(H,33,34). The number of nitrogens with zero attached hydrogens (tertiary/aromatic N) is 1. The van der Waals surface area contributed by atoms with Crippen molar-refractivity contribution in [1.82, 2.24) is 0 Å². The molecule has 4 aromatic carbocycles. The highest BCUT2D eigenvalue weighted by Crippen LogP contribution is 2.30. The minimum atomic E-state index is -3.31. The highest BCUT2D eigenvalue weighted by Gasteiger charge is 2.18. The Kier molecular flexibility index (Phi) is 7.85. The van der Waals surface area contributed by atoms with Crippen molar-refractivity contribution in [3.8, 4) is 17.2 Å². The van der Waals surface area contributed by atoms with Crippen LogP contribution in [-0.2, 0) is 21.1 Å². The molecular weight excluding hydrogens is 496 g/mol. The predicted octanol–water partition coefficient (Wildman–Crippen LogP) is 5.74. The second kappa shape index (κ2) is 11.2. The molecule has 7 heteroatoms. The van der Waals surface area contributed by atoms with Crippen molar-refractivity contribution in [2.24, 2.45) is 0 Å². The molecule has 0 spiro atoms. The van der Waals surface area contributed by atoms with Crippen molar-refractivity contribution in [2.75, 3.05) is 11.1 Å². The Balaban J connectivity index is 1.64. The van der Waals surface area contributed by atoms with Gasteiger partial charge in [-0.3, -0.25) is 9.59 Å². The molecule has 0 aliphatic rings. The summed E-state index contributed by atoms with van der Waals surface area (Å²) in [7, 11) is -3.31. The molecule has 6 nitrogen and oxygen atoms in total. The summed E-state index contributed by atoms with van der Waals surface area (Å²) in [4.78, 5) is 26.6. The molecule has 190 valence electrons. The number of sulfone groups is 1. The van der Waals surface area contributed by atoms with Gasteiger partial charge in [0.15, 0.2) is 15.6 Å². The number of aryl methyl sites for hydroxylation is 1. The topological polar surface area (TPSA) is 104 Å². The summed E-state index contributed by atoms with van der Waals surface area (Å²) in [5.74, 6) is -0.430. The van der Waals surface area contributed by atoms with Gasteiger partial charge in [-0.15, -0.1) is 0 Å². The maximum atomic E-state index is 13.5. The quantitative estimate of drug-likeness (QED) is 0.297. The van der Waals surface area contributed by atoms with E-state index in [1.807, 2.05) is 31.2 Å². The number of ketones is 1. The van der Waals surface area contributed by atoms with Crippen molar-refractivity contribution in [2.45, 2.75) is 25.2 Å². The summed E-state index contributed by atoms with van der Waals surface area (Å²) in [5.41, 5.74) is 4.80. The van der Waals surface area contributed by atoms with Gasteiger partial charge in [-0.25, -0.2) is 8.42 Å². The molecule has 0 aliphatic carbocycles. The molecule has 4 rings (SSSR count). The summed E-state index contributed by atoms with van der Waals surface area (Å²) in [6.45, 7) is 3.46. The van der Waals surface area contributed by atoms with E-state index in [4.69, 9.17) is 0 Å². The van der Waals surface area contributed by atoms with Crippen molar-refractivity contribution in [3.05, 3.63) is 119 Å². The average Bonchev–Trinajstić information content (AvgIpc) is 2.93. The Hall–Kier alpha value is -4.54. The normalized spacial score (nSPS) is 11.0. The van der Waals surface area contributed by atoms with Crippen molar-refractivity contribution >= 4 is 27.2 Å². The van der Waals surface area contributed by atoms with E-state index in [-0.39, 0.29) is 28.8 Å². The lowest BCUT2D eigenvalue weighted by molar-refractivity contribution is -0.115. The van der Waals surface area contributed by atoms with Crippen LogP contribution in [0, 0.1) is 18.3 Å². The van der Waals surface area contributed by atoms with Gasteiger partial charge in [0, 0.05) is 16.8 Å². The van der Waals surface area contributed by atoms with E-state index < -0.39 is 9.84 Å². The number of carbonyl (C=O) groups excluding carboxylic acids is 2. The number of anilines is 1. The van der Waals surface area contributed by atoms with E-state index >= 15 is 0 Å². The van der Waals surface area contributed by atoms with Gasteiger partial charge in [0.2, 0.25) is 5.91 Å². The molecule has 0 bridgehead atoms. The Bertz CT molecular complexity index is 1670. The van der Waals surface area contributed by atoms with Gasteiger partial charge in [-0.05, 0) is 71.6 Å². The third-order valence-electron chi connectivity index (χ3n) is 6.27. The fourth-order valence-electron chi connectivity index (χ4n) is 4.16. The van der Waals surface area contributed by atoms with Crippen LogP contribution in [0.15, 0.2) is 95.9 Å². The van der Waals surface area contributed by atoms with Crippen molar-refractivity contribution < 1.29 is 18.0 Å². The number of hydrogen-bond donors (Lipinski definition) is 1. The Labute approximate surface area is 222 Å². The van der Waals surface area contributed by atoms with Crippen molar-refractivity contribution in [3.63, 3.8) is 0 Å². The molecule has 0 saturated heterocycles. The van der Waals surface area contributed by atoms with Gasteiger partial charge in [-0.1, -0.05) is 55.5 Å². The maximum absolute atomic E-state index is 13.5. The Morgan fingerprint density at radius 3 is 2.29 bits per heavy atom. The Morgan fingerprint density at radius 2 is 1.61 bits per heavy atom. The van der Waals surface area contributed by atoms with Crippen LogP contribution >= 0.6 is 0 Å². The van der Waals surface area contributed by atoms with Crippen LogP contribution in [0.1, 0.15) is 39.5 Å². The highest BCUT2D eigenvalue weighted by molar-refractivity contribution is 7.91. The van der Waals surface area contributed by atoms with Crippen LogP contribution in [0.4, 0.5) is 5.69 Å². The zero-order chi connectivity index (χ0) is 27.3. The molecule has 0 saturated carbocycles. The number of nitriles is 1. The van der Waals surface area contributed by atoms with Crippen molar-refractivity contribution in [1.29, 1.82) is 5.26 Å². The van der Waals surface area contributed by atoms with Crippen LogP contribution in [0.25, 0.3) is 11.1 Å². The summed E-state index contributed by atoms with van der Waals surface area (Å²) < 4.78 is 24.1.